The minimum Gasteiger partial charge on any atom is -0.348 e. The van der Waals surface area contributed by atoms with Crippen molar-refractivity contribution in [3.05, 3.63) is 64.7 Å². The van der Waals surface area contributed by atoms with E-state index in [2.05, 4.69) is 24.4 Å². The van der Waals surface area contributed by atoms with Gasteiger partial charge >= 0.3 is 0 Å². The first-order valence-corrected chi connectivity index (χ1v) is 10.8. The van der Waals surface area contributed by atoms with Gasteiger partial charge in [0.1, 0.15) is 6.04 Å². The summed E-state index contributed by atoms with van der Waals surface area (Å²) in [6, 6.07) is 11.8. The number of rotatable bonds is 6. The van der Waals surface area contributed by atoms with Crippen LogP contribution >= 0.6 is 0 Å². The maximum absolute atomic E-state index is 12.8. The summed E-state index contributed by atoms with van der Waals surface area (Å²) in [6.07, 6.45) is 1.11. The molecule has 0 aliphatic rings. The van der Waals surface area contributed by atoms with Gasteiger partial charge in [0.25, 0.3) is 0 Å². The molecule has 0 saturated carbocycles. The molecule has 0 radical (unpaired) electrons. The van der Waals surface area contributed by atoms with Crippen molar-refractivity contribution in [2.24, 2.45) is 0 Å². The summed E-state index contributed by atoms with van der Waals surface area (Å²) in [5.74, 6) is -0.339. The second-order valence-corrected chi connectivity index (χ2v) is 8.95. The highest BCUT2D eigenvalue weighted by molar-refractivity contribution is 7.92. The van der Waals surface area contributed by atoms with Gasteiger partial charge in [0.2, 0.25) is 15.9 Å². The number of nitrogens with one attached hydrogen (secondary N) is 1. The summed E-state index contributed by atoms with van der Waals surface area (Å²) in [4.78, 5) is 12.8. The zero-order chi connectivity index (χ0) is 20.4. The van der Waals surface area contributed by atoms with Gasteiger partial charge in [-0.25, -0.2) is 8.42 Å². The van der Waals surface area contributed by atoms with Crippen LogP contribution in [0, 0.1) is 20.8 Å². The third-order valence-corrected chi connectivity index (χ3v) is 6.05. The van der Waals surface area contributed by atoms with Crippen LogP contribution in [-0.4, -0.2) is 26.6 Å². The first-order chi connectivity index (χ1) is 12.5. The predicted molar refractivity (Wildman–Crippen MR) is 110 cm³/mol. The van der Waals surface area contributed by atoms with E-state index in [0.717, 1.165) is 27.3 Å². The number of nitrogens with zero attached hydrogens (tertiary/aromatic N) is 1. The number of hydrogen-bond donors (Lipinski definition) is 1. The van der Waals surface area contributed by atoms with Crippen molar-refractivity contribution in [2.45, 2.75) is 46.7 Å². The van der Waals surface area contributed by atoms with E-state index in [4.69, 9.17) is 0 Å². The first-order valence-electron chi connectivity index (χ1n) is 8.95. The molecular formula is C21H28N2O3S. The summed E-state index contributed by atoms with van der Waals surface area (Å²) in [6.45, 7) is 9.62. The molecule has 0 fully saturated rings. The third-order valence-electron chi connectivity index (χ3n) is 4.81. The lowest BCUT2D eigenvalue weighted by Gasteiger charge is -2.29. The van der Waals surface area contributed by atoms with Gasteiger partial charge in [0, 0.05) is 0 Å². The Morgan fingerprint density at radius 1 is 0.963 bits per heavy atom. The van der Waals surface area contributed by atoms with Crippen LogP contribution in [0.2, 0.25) is 0 Å². The molecule has 5 nitrogen and oxygen atoms in total. The summed E-state index contributed by atoms with van der Waals surface area (Å²) in [5.41, 5.74) is 4.96. The molecule has 6 heteroatoms. The molecule has 0 saturated heterocycles. The van der Waals surface area contributed by atoms with Crippen LogP contribution in [-0.2, 0) is 14.8 Å². The summed E-state index contributed by atoms with van der Waals surface area (Å²) in [5, 5.41) is 2.96. The van der Waals surface area contributed by atoms with Crippen molar-refractivity contribution >= 4 is 21.6 Å². The van der Waals surface area contributed by atoms with Gasteiger partial charge in [-0.05, 0) is 69.0 Å². The molecule has 2 atom stereocenters. The molecule has 27 heavy (non-hydrogen) atoms. The molecule has 2 rings (SSSR count). The molecule has 146 valence electrons. The second kappa shape index (κ2) is 8.13. The van der Waals surface area contributed by atoms with E-state index in [1.165, 1.54) is 5.56 Å². The normalized spacial score (nSPS) is 13.7. The largest absolute Gasteiger partial charge is 0.348 e. The van der Waals surface area contributed by atoms with E-state index in [1.807, 2.05) is 20.8 Å². The van der Waals surface area contributed by atoms with Gasteiger partial charge in [-0.2, -0.15) is 0 Å². The Morgan fingerprint density at radius 3 is 2.07 bits per heavy atom. The average Bonchev–Trinajstić information content (AvgIpc) is 2.57. The van der Waals surface area contributed by atoms with Gasteiger partial charge in [0.05, 0.1) is 18.0 Å². The molecule has 0 aromatic heterocycles. The molecule has 0 heterocycles. The summed E-state index contributed by atoms with van der Waals surface area (Å²) >= 11 is 0. The highest BCUT2D eigenvalue weighted by Crippen LogP contribution is 2.23. The van der Waals surface area contributed by atoms with Crippen LogP contribution in [0.15, 0.2) is 42.5 Å². The Morgan fingerprint density at radius 2 is 1.52 bits per heavy atom. The third kappa shape index (κ3) is 4.89. The molecule has 1 amide bonds. The number of benzene rings is 2. The highest BCUT2D eigenvalue weighted by Gasteiger charge is 2.29. The topological polar surface area (TPSA) is 66.5 Å². The van der Waals surface area contributed by atoms with Crippen molar-refractivity contribution in [2.75, 3.05) is 10.6 Å². The molecule has 0 aliphatic heterocycles. The monoisotopic (exact) mass is 388 g/mol. The van der Waals surface area contributed by atoms with E-state index in [0.29, 0.717) is 5.69 Å². The zero-order valence-electron chi connectivity index (χ0n) is 16.8. The Kier molecular flexibility index (Phi) is 6.31. The molecule has 0 aliphatic carbocycles. The van der Waals surface area contributed by atoms with E-state index in [1.54, 1.807) is 37.3 Å². The summed E-state index contributed by atoms with van der Waals surface area (Å²) < 4.78 is 25.8. The lowest BCUT2D eigenvalue weighted by atomic mass is 9.96. The minimum absolute atomic E-state index is 0.226. The number of carbonyl (C=O) groups excluding carboxylic acids is 1. The van der Waals surface area contributed by atoms with Crippen LogP contribution in [0.5, 0.6) is 0 Å². The van der Waals surface area contributed by atoms with Crippen LogP contribution in [0.4, 0.5) is 5.69 Å². The van der Waals surface area contributed by atoms with Crippen LogP contribution in [0.1, 0.15) is 42.1 Å². The number of sulfonamides is 1. The lowest BCUT2D eigenvalue weighted by Crippen LogP contribution is -2.48. The van der Waals surface area contributed by atoms with Crippen molar-refractivity contribution in [1.29, 1.82) is 0 Å². The number of para-hydroxylation sites is 1. The van der Waals surface area contributed by atoms with Gasteiger partial charge in [0.15, 0.2) is 0 Å². The quantitative estimate of drug-likeness (QED) is 0.821. The number of hydrogen-bond acceptors (Lipinski definition) is 3. The number of amides is 1. The fourth-order valence-electron chi connectivity index (χ4n) is 3.24. The predicted octanol–water partition coefficient (Wildman–Crippen LogP) is 3.64. The Hall–Kier alpha value is -2.34. The summed E-state index contributed by atoms with van der Waals surface area (Å²) in [7, 11) is -3.61. The molecular weight excluding hydrogens is 360 g/mol. The number of carbonyl (C=O) groups is 1. The van der Waals surface area contributed by atoms with Crippen LogP contribution < -0.4 is 9.62 Å². The molecule has 0 spiro atoms. The smallest absolute Gasteiger partial charge is 0.244 e. The van der Waals surface area contributed by atoms with Gasteiger partial charge in [-0.3, -0.25) is 9.10 Å². The maximum Gasteiger partial charge on any atom is 0.244 e. The van der Waals surface area contributed by atoms with Crippen molar-refractivity contribution in [1.82, 2.24) is 5.32 Å². The molecule has 1 N–H and O–H groups in total. The highest BCUT2D eigenvalue weighted by atomic mass is 32.2. The van der Waals surface area contributed by atoms with Crippen molar-refractivity contribution in [3.8, 4) is 0 Å². The first kappa shape index (κ1) is 21.0. The van der Waals surface area contributed by atoms with E-state index < -0.39 is 16.1 Å². The minimum atomic E-state index is -3.61. The molecule has 0 unspecified atom stereocenters. The second-order valence-electron chi connectivity index (χ2n) is 7.09. The Labute approximate surface area is 162 Å². The van der Waals surface area contributed by atoms with E-state index in [9.17, 15) is 13.2 Å². The Balaban J connectivity index is 2.27. The molecule has 2 aromatic carbocycles. The standard InChI is InChI=1S/C21H28N2O3S/c1-14-12-16(3)20(13-15(14)2)17(4)22-21(24)18(5)23(27(6,25)26)19-10-8-7-9-11-19/h7-13,17-18H,1-6H3,(H,22,24)/t17-,18+/m0/s1. The molecule has 2 aromatic rings. The average molecular weight is 389 g/mol. The van der Waals surface area contributed by atoms with Gasteiger partial charge < -0.3 is 5.32 Å². The van der Waals surface area contributed by atoms with Crippen molar-refractivity contribution < 1.29 is 13.2 Å². The van der Waals surface area contributed by atoms with E-state index in [-0.39, 0.29) is 11.9 Å². The Bertz CT molecular complexity index is 924. The van der Waals surface area contributed by atoms with Crippen LogP contribution in [0.3, 0.4) is 0 Å². The zero-order valence-corrected chi connectivity index (χ0v) is 17.6. The lowest BCUT2D eigenvalue weighted by molar-refractivity contribution is -0.122. The van der Waals surface area contributed by atoms with Crippen LogP contribution in [0.25, 0.3) is 0 Å². The molecule has 0 bridgehead atoms. The fourth-order valence-corrected chi connectivity index (χ4v) is 4.42. The van der Waals surface area contributed by atoms with Gasteiger partial charge in [-0.1, -0.05) is 30.3 Å². The number of anilines is 1. The van der Waals surface area contributed by atoms with Gasteiger partial charge in [-0.15, -0.1) is 0 Å². The number of aryl methyl sites for hydroxylation is 3. The van der Waals surface area contributed by atoms with E-state index >= 15 is 0 Å². The van der Waals surface area contributed by atoms with Crippen molar-refractivity contribution in [3.63, 3.8) is 0 Å². The fraction of sp³-hybridized carbons (Fsp3) is 0.381. The maximum atomic E-state index is 12.8. The SMILES string of the molecule is Cc1cc(C)c([C@H](C)NC(=O)[C@@H](C)N(c2ccccc2)S(C)(=O)=O)cc1C.